The van der Waals surface area contributed by atoms with E-state index in [4.69, 9.17) is 4.74 Å². The molecule has 136 valence electrons. The third-order valence-electron chi connectivity index (χ3n) is 5.37. The molecule has 1 saturated heterocycles. The molecule has 0 saturated carbocycles. The van der Waals surface area contributed by atoms with Gasteiger partial charge in [-0.25, -0.2) is 4.98 Å². The first-order chi connectivity index (χ1) is 12.5. The summed E-state index contributed by atoms with van der Waals surface area (Å²) in [5.74, 6) is 0.926. The van der Waals surface area contributed by atoms with Gasteiger partial charge >= 0.3 is 0 Å². The second kappa shape index (κ2) is 6.57. The number of nitrogens with one attached hydrogen (secondary N) is 2. The van der Waals surface area contributed by atoms with Gasteiger partial charge in [0.15, 0.2) is 0 Å². The third-order valence-corrected chi connectivity index (χ3v) is 5.37. The number of carbonyl (C=O) groups is 1. The van der Waals surface area contributed by atoms with Gasteiger partial charge in [0.05, 0.1) is 6.10 Å². The summed E-state index contributed by atoms with van der Waals surface area (Å²) in [6.45, 7) is 5.34. The fourth-order valence-corrected chi connectivity index (χ4v) is 3.67. The first-order valence-electron chi connectivity index (χ1n) is 8.86. The number of rotatable bonds is 4. The zero-order valence-electron chi connectivity index (χ0n) is 15.2. The minimum atomic E-state index is -0.0785. The fraction of sp³-hybridized carbons (Fsp3) is 0.421. The van der Waals surface area contributed by atoms with Crippen LogP contribution in [-0.2, 0) is 4.74 Å². The Hall–Kier alpha value is -2.67. The third kappa shape index (κ3) is 2.88. The Morgan fingerprint density at radius 3 is 3.00 bits per heavy atom. The fourth-order valence-electron chi connectivity index (χ4n) is 3.67. The van der Waals surface area contributed by atoms with E-state index >= 15 is 0 Å². The van der Waals surface area contributed by atoms with Gasteiger partial charge in [0.25, 0.3) is 5.91 Å². The van der Waals surface area contributed by atoms with Crippen molar-refractivity contribution in [1.82, 2.24) is 25.1 Å². The molecule has 3 aromatic rings. The van der Waals surface area contributed by atoms with E-state index < -0.39 is 0 Å². The molecule has 3 heterocycles. The number of H-pyrrole nitrogens is 2. The maximum Gasteiger partial charge on any atom is 0.270 e. The number of likely N-dealkylation sites (N-methyl/N-ethyl adjacent to an activating group) is 1. The second-order valence-corrected chi connectivity index (χ2v) is 7.01. The second-order valence-electron chi connectivity index (χ2n) is 7.01. The van der Waals surface area contributed by atoms with Crippen molar-refractivity contribution < 1.29 is 9.53 Å². The number of benzene rings is 1. The normalized spacial score (nSPS) is 20.0. The predicted molar refractivity (Wildman–Crippen MR) is 98.2 cm³/mol. The molecule has 1 aliphatic heterocycles. The van der Waals surface area contributed by atoms with E-state index in [1.807, 2.05) is 19.2 Å². The standard InChI is InChI=1S/C19H23N5O2/c1-11-4-5-15-14(12(11)2)8-16(22-15)19(25)24(3)9-17-13(6-7-26-17)18-20-10-21-23-18/h4-5,8,10,13,17,22H,6-7,9H2,1-3H3,(H,20,21,23)/t13-,17-/m1/s1. The number of ether oxygens (including phenoxy) is 1. The Bertz CT molecular complexity index is 931. The molecule has 26 heavy (non-hydrogen) atoms. The number of aryl methyl sites for hydroxylation is 2. The number of amides is 1. The lowest BCUT2D eigenvalue weighted by atomic mass is 10.0. The average Bonchev–Trinajstić information content (AvgIpc) is 3.36. The van der Waals surface area contributed by atoms with Gasteiger partial charge in [-0.3, -0.25) is 9.89 Å². The molecule has 2 N–H and O–H groups in total. The largest absolute Gasteiger partial charge is 0.376 e. The summed E-state index contributed by atoms with van der Waals surface area (Å²) >= 11 is 0. The number of nitrogens with zero attached hydrogens (tertiary/aromatic N) is 3. The lowest BCUT2D eigenvalue weighted by molar-refractivity contribution is 0.0547. The van der Waals surface area contributed by atoms with E-state index in [1.54, 1.807) is 4.90 Å². The minimum absolute atomic E-state index is 0.0370. The average molecular weight is 353 g/mol. The predicted octanol–water partition coefficient (Wildman–Crippen LogP) is 2.55. The molecule has 1 aliphatic rings. The zero-order valence-corrected chi connectivity index (χ0v) is 15.2. The van der Waals surface area contributed by atoms with Crippen LogP contribution in [0.25, 0.3) is 10.9 Å². The lowest BCUT2D eigenvalue weighted by Gasteiger charge is -2.23. The van der Waals surface area contributed by atoms with E-state index in [0.29, 0.717) is 18.8 Å². The van der Waals surface area contributed by atoms with Crippen molar-refractivity contribution in [3.05, 3.63) is 47.2 Å². The number of aromatic amines is 2. The first kappa shape index (κ1) is 16.8. The van der Waals surface area contributed by atoms with Crippen molar-refractivity contribution in [1.29, 1.82) is 0 Å². The molecule has 0 spiro atoms. The quantitative estimate of drug-likeness (QED) is 0.755. The van der Waals surface area contributed by atoms with Gasteiger partial charge in [-0.1, -0.05) is 6.07 Å². The molecular formula is C19H23N5O2. The molecule has 0 aliphatic carbocycles. The SMILES string of the molecule is Cc1ccc2[nH]c(C(=O)N(C)C[C@H]3OCC[C@H]3c3ncn[nH]3)cc2c1C. The van der Waals surface area contributed by atoms with Crippen LogP contribution in [0.3, 0.4) is 0 Å². The van der Waals surface area contributed by atoms with Crippen molar-refractivity contribution in [2.45, 2.75) is 32.3 Å². The van der Waals surface area contributed by atoms with Gasteiger partial charge < -0.3 is 14.6 Å². The summed E-state index contributed by atoms with van der Waals surface area (Å²) in [6.07, 6.45) is 2.31. The molecule has 2 atom stereocenters. The monoisotopic (exact) mass is 353 g/mol. The number of aromatic nitrogens is 4. The smallest absolute Gasteiger partial charge is 0.270 e. The summed E-state index contributed by atoms with van der Waals surface area (Å²) in [5, 5.41) is 7.94. The van der Waals surface area contributed by atoms with E-state index in [2.05, 4.69) is 40.1 Å². The minimum Gasteiger partial charge on any atom is -0.376 e. The van der Waals surface area contributed by atoms with Crippen molar-refractivity contribution in [3.8, 4) is 0 Å². The lowest BCUT2D eigenvalue weighted by Crippen LogP contribution is -2.36. The Kier molecular flexibility index (Phi) is 4.24. The molecular weight excluding hydrogens is 330 g/mol. The van der Waals surface area contributed by atoms with Gasteiger partial charge in [-0.15, -0.1) is 0 Å². The molecule has 1 aromatic carbocycles. The van der Waals surface area contributed by atoms with Crippen LogP contribution in [0.2, 0.25) is 0 Å². The molecule has 2 aromatic heterocycles. The van der Waals surface area contributed by atoms with Crippen LogP contribution in [0.1, 0.15) is 39.8 Å². The highest BCUT2D eigenvalue weighted by Gasteiger charge is 2.33. The summed E-state index contributed by atoms with van der Waals surface area (Å²) in [7, 11) is 1.81. The van der Waals surface area contributed by atoms with Crippen LogP contribution in [0.5, 0.6) is 0 Å². The Morgan fingerprint density at radius 1 is 1.38 bits per heavy atom. The van der Waals surface area contributed by atoms with E-state index in [9.17, 15) is 4.79 Å². The molecule has 0 unspecified atom stereocenters. The van der Waals surface area contributed by atoms with E-state index in [1.165, 1.54) is 17.5 Å². The van der Waals surface area contributed by atoms with Crippen LogP contribution in [-0.4, -0.2) is 57.3 Å². The summed E-state index contributed by atoms with van der Waals surface area (Å²) < 4.78 is 5.85. The van der Waals surface area contributed by atoms with Gasteiger partial charge in [0.1, 0.15) is 17.8 Å². The molecule has 0 bridgehead atoms. The highest BCUT2D eigenvalue weighted by Crippen LogP contribution is 2.29. The zero-order chi connectivity index (χ0) is 18.3. The first-order valence-corrected chi connectivity index (χ1v) is 8.86. The number of hydrogen-bond donors (Lipinski definition) is 2. The van der Waals surface area contributed by atoms with Crippen molar-refractivity contribution in [3.63, 3.8) is 0 Å². The highest BCUT2D eigenvalue weighted by atomic mass is 16.5. The van der Waals surface area contributed by atoms with Gasteiger partial charge in [-0.2, -0.15) is 5.10 Å². The van der Waals surface area contributed by atoms with Crippen LogP contribution in [0.4, 0.5) is 0 Å². The molecule has 7 heteroatoms. The summed E-state index contributed by atoms with van der Waals surface area (Å²) in [4.78, 5) is 22.1. The Morgan fingerprint density at radius 2 is 2.23 bits per heavy atom. The Balaban J connectivity index is 1.52. The van der Waals surface area contributed by atoms with Crippen molar-refractivity contribution >= 4 is 16.8 Å². The number of hydrogen-bond acceptors (Lipinski definition) is 4. The maximum atomic E-state index is 12.9. The van der Waals surface area contributed by atoms with Crippen molar-refractivity contribution in [2.24, 2.45) is 0 Å². The van der Waals surface area contributed by atoms with E-state index in [0.717, 1.165) is 23.1 Å². The molecule has 7 nitrogen and oxygen atoms in total. The Labute approximate surface area is 151 Å². The van der Waals surface area contributed by atoms with Gasteiger partial charge in [0.2, 0.25) is 0 Å². The highest BCUT2D eigenvalue weighted by molar-refractivity contribution is 5.99. The molecule has 4 rings (SSSR count). The van der Waals surface area contributed by atoms with Gasteiger partial charge in [-0.05, 0) is 43.5 Å². The summed E-state index contributed by atoms with van der Waals surface area (Å²) in [5.41, 5.74) is 4.01. The van der Waals surface area contributed by atoms with Crippen LogP contribution < -0.4 is 0 Å². The topological polar surface area (TPSA) is 86.9 Å². The molecule has 0 radical (unpaired) electrons. The van der Waals surface area contributed by atoms with Crippen LogP contribution in [0.15, 0.2) is 24.5 Å². The number of carbonyl (C=O) groups excluding carboxylic acids is 1. The molecule has 1 amide bonds. The van der Waals surface area contributed by atoms with Crippen LogP contribution >= 0.6 is 0 Å². The molecule has 1 fully saturated rings. The van der Waals surface area contributed by atoms with E-state index in [-0.39, 0.29) is 17.9 Å². The maximum absolute atomic E-state index is 12.9. The van der Waals surface area contributed by atoms with Crippen LogP contribution in [0, 0.1) is 13.8 Å². The van der Waals surface area contributed by atoms with Gasteiger partial charge in [0, 0.05) is 37.0 Å². The van der Waals surface area contributed by atoms with Crippen molar-refractivity contribution in [2.75, 3.05) is 20.2 Å². The number of fused-ring (bicyclic) bond motifs is 1. The summed E-state index contributed by atoms with van der Waals surface area (Å²) in [6, 6.07) is 6.04.